The van der Waals surface area contributed by atoms with Crippen LogP contribution in [0.25, 0.3) is 0 Å². The largest absolute Gasteiger partial charge is 0.497 e. The molecule has 1 aromatic rings. The van der Waals surface area contributed by atoms with Crippen molar-refractivity contribution in [1.82, 2.24) is 10.6 Å². The molecule has 1 saturated carbocycles. The number of alkyl carbamates (subject to hydrolysis) is 1. The van der Waals surface area contributed by atoms with Gasteiger partial charge in [-0.25, -0.2) is 4.79 Å². The number of carbonyl (C=O) groups is 2. The van der Waals surface area contributed by atoms with Gasteiger partial charge in [-0.15, -0.1) is 0 Å². The first-order valence-electron chi connectivity index (χ1n) is 9.42. The van der Waals surface area contributed by atoms with Crippen molar-refractivity contribution < 1.29 is 19.1 Å². The Balaban J connectivity index is 1.34. The van der Waals surface area contributed by atoms with Crippen LogP contribution in [0.2, 0.25) is 0 Å². The molecule has 0 aromatic heterocycles. The molecular formula is C20H29N3O4. The molecule has 2 fully saturated rings. The summed E-state index contributed by atoms with van der Waals surface area (Å²) in [6.07, 6.45) is 1.10. The summed E-state index contributed by atoms with van der Waals surface area (Å²) in [6, 6.07) is 8.07. The first-order chi connectivity index (χ1) is 12.7. The molecule has 0 bridgehead atoms. The van der Waals surface area contributed by atoms with Gasteiger partial charge in [0.15, 0.2) is 0 Å². The van der Waals surface area contributed by atoms with Crippen molar-refractivity contribution in [2.24, 2.45) is 5.92 Å². The third-order valence-electron chi connectivity index (χ3n) is 4.90. The third kappa shape index (κ3) is 5.05. The maximum Gasteiger partial charge on any atom is 0.407 e. The lowest BCUT2D eigenvalue weighted by Gasteiger charge is -2.42. The Kier molecular flexibility index (Phi) is 5.48. The molecule has 0 radical (unpaired) electrons. The normalized spacial score (nSPS) is 22.3. The van der Waals surface area contributed by atoms with Gasteiger partial charge >= 0.3 is 6.09 Å². The summed E-state index contributed by atoms with van der Waals surface area (Å²) in [6.45, 7) is 6.97. The molecule has 148 valence electrons. The van der Waals surface area contributed by atoms with Gasteiger partial charge in [0.05, 0.1) is 13.0 Å². The highest BCUT2D eigenvalue weighted by Gasteiger charge is 2.37. The lowest BCUT2D eigenvalue weighted by Crippen LogP contribution is -2.59. The van der Waals surface area contributed by atoms with Gasteiger partial charge in [0.2, 0.25) is 5.91 Å². The first-order valence-corrected chi connectivity index (χ1v) is 9.42. The van der Waals surface area contributed by atoms with Gasteiger partial charge in [0.1, 0.15) is 11.4 Å². The molecule has 0 unspecified atom stereocenters. The van der Waals surface area contributed by atoms with Crippen LogP contribution in [0.5, 0.6) is 5.75 Å². The quantitative estimate of drug-likeness (QED) is 0.826. The minimum absolute atomic E-state index is 0.0185. The third-order valence-corrected chi connectivity index (χ3v) is 4.90. The molecule has 0 atom stereocenters. The predicted molar refractivity (Wildman–Crippen MR) is 103 cm³/mol. The van der Waals surface area contributed by atoms with E-state index in [4.69, 9.17) is 9.47 Å². The molecule has 1 saturated heterocycles. The van der Waals surface area contributed by atoms with Crippen molar-refractivity contribution in [3.05, 3.63) is 24.3 Å². The number of carbonyl (C=O) groups excluding carboxylic acids is 2. The second-order valence-electron chi connectivity index (χ2n) is 8.32. The van der Waals surface area contributed by atoms with Crippen LogP contribution in [-0.2, 0) is 9.53 Å². The zero-order chi connectivity index (χ0) is 19.6. The molecule has 2 N–H and O–H groups in total. The lowest BCUT2D eigenvalue weighted by atomic mass is 9.86. The van der Waals surface area contributed by atoms with E-state index in [1.165, 1.54) is 0 Å². The van der Waals surface area contributed by atoms with Crippen LogP contribution >= 0.6 is 0 Å². The second kappa shape index (κ2) is 7.66. The molecule has 1 aliphatic carbocycles. The van der Waals surface area contributed by atoms with Gasteiger partial charge in [-0.05, 0) is 57.9 Å². The van der Waals surface area contributed by atoms with Crippen LogP contribution < -0.4 is 20.3 Å². The summed E-state index contributed by atoms with van der Waals surface area (Å²) in [5, 5.41) is 5.92. The van der Waals surface area contributed by atoms with E-state index in [0.717, 1.165) is 37.4 Å². The van der Waals surface area contributed by atoms with E-state index >= 15 is 0 Å². The van der Waals surface area contributed by atoms with Crippen molar-refractivity contribution in [3.8, 4) is 5.75 Å². The van der Waals surface area contributed by atoms with E-state index in [9.17, 15) is 9.59 Å². The van der Waals surface area contributed by atoms with E-state index in [1.54, 1.807) is 7.11 Å². The minimum Gasteiger partial charge on any atom is -0.497 e. The topological polar surface area (TPSA) is 79.9 Å². The Bertz CT molecular complexity index is 671. The SMILES string of the molecule is COc1ccc(N2CC(C(=O)NC3CC(NC(=O)OC(C)(C)C)C3)C2)cc1. The zero-order valence-electron chi connectivity index (χ0n) is 16.5. The minimum atomic E-state index is -0.499. The van der Waals surface area contributed by atoms with E-state index in [2.05, 4.69) is 15.5 Å². The Labute approximate surface area is 160 Å². The Morgan fingerprint density at radius 2 is 1.63 bits per heavy atom. The fourth-order valence-electron chi connectivity index (χ4n) is 3.30. The zero-order valence-corrected chi connectivity index (χ0v) is 16.5. The van der Waals surface area contributed by atoms with Gasteiger partial charge < -0.3 is 25.0 Å². The highest BCUT2D eigenvalue weighted by molar-refractivity contribution is 5.82. The van der Waals surface area contributed by atoms with Crippen molar-refractivity contribution >= 4 is 17.7 Å². The number of amides is 2. The maximum absolute atomic E-state index is 12.4. The summed E-state index contributed by atoms with van der Waals surface area (Å²) in [7, 11) is 1.65. The van der Waals surface area contributed by atoms with Crippen molar-refractivity contribution in [2.45, 2.75) is 51.3 Å². The van der Waals surface area contributed by atoms with Crippen molar-refractivity contribution in [2.75, 3.05) is 25.1 Å². The van der Waals surface area contributed by atoms with Crippen molar-refractivity contribution in [3.63, 3.8) is 0 Å². The monoisotopic (exact) mass is 375 g/mol. The van der Waals surface area contributed by atoms with E-state index in [1.807, 2.05) is 45.0 Å². The number of methoxy groups -OCH3 is 1. The second-order valence-corrected chi connectivity index (χ2v) is 8.32. The molecule has 3 rings (SSSR count). The summed E-state index contributed by atoms with van der Waals surface area (Å²) in [5.41, 5.74) is 0.603. The van der Waals surface area contributed by atoms with E-state index in [0.29, 0.717) is 0 Å². The van der Waals surface area contributed by atoms with Crippen LogP contribution in [0.4, 0.5) is 10.5 Å². The molecule has 1 aliphatic heterocycles. The summed E-state index contributed by atoms with van der Waals surface area (Å²) < 4.78 is 10.4. The summed E-state index contributed by atoms with van der Waals surface area (Å²) in [5.74, 6) is 0.943. The van der Waals surface area contributed by atoms with Gasteiger partial charge in [0, 0.05) is 30.9 Å². The number of hydrogen-bond acceptors (Lipinski definition) is 5. The number of nitrogens with one attached hydrogen (secondary N) is 2. The van der Waals surface area contributed by atoms with Gasteiger partial charge in [-0.1, -0.05) is 0 Å². The molecule has 0 spiro atoms. The number of anilines is 1. The first kappa shape index (κ1) is 19.3. The van der Waals surface area contributed by atoms with Crippen LogP contribution in [-0.4, -0.2) is 49.9 Å². The Hall–Kier alpha value is -2.44. The summed E-state index contributed by atoms with van der Waals surface area (Å²) in [4.78, 5) is 26.3. The average Bonchev–Trinajstić information content (AvgIpc) is 2.50. The molecule has 1 aromatic carbocycles. The van der Waals surface area contributed by atoms with Gasteiger partial charge in [-0.3, -0.25) is 4.79 Å². The summed E-state index contributed by atoms with van der Waals surface area (Å²) >= 11 is 0. The number of ether oxygens (including phenoxy) is 2. The number of hydrogen-bond donors (Lipinski definition) is 2. The van der Waals surface area contributed by atoms with Crippen molar-refractivity contribution in [1.29, 1.82) is 0 Å². The maximum atomic E-state index is 12.4. The molecule has 2 aliphatic rings. The standard InChI is InChI=1S/C20H29N3O4/c1-20(2,3)27-19(25)22-15-9-14(10-15)21-18(24)13-11-23(12-13)16-5-7-17(26-4)8-6-16/h5-8,13-15H,9-12H2,1-4H3,(H,21,24)(H,22,25). The molecule has 7 nitrogen and oxygen atoms in total. The Morgan fingerprint density at radius 1 is 1.04 bits per heavy atom. The van der Waals surface area contributed by atoms with Crippen LogP contribution in [0.1, 0.15) is 33.6 Å². The highest BCUT2D eigenvalue weighted by atomic mass is 16.6. The molecule has 7 heteroatoms. The van der Waals surface area contributed by atoms with Crippen LogP contribution in [0.3, 0.4) is 0 Å². The number of rotatable bonds is 5. The Morgan fingerprint density at radius 3 is 2.19 bits per heavy atom. The lowest BCUT2D eigenvalue weighted by molar-refractivity contribution is -0.127. The highest BCUT2D eigenvalue weighted by Crippen LogP contribution is 2.27. The van der Waals surface area contributed by atoms with E-state index < -0.39 is 11.7 Å². The molecule has 2 amide bonds. The fourth-order valence-corrected chi connectivity index (χ4v) is 3.30. The van der Waals surface area contributed by atoms with Gasteiger partial charge in [0.25, 0.3) is 0 Å². The number of benzene rings is 1. The smallest absolute Gasteiger partial charge is 0.407 e. The molecule has 1 heterocycles. The predicted octanol–water partition coefficient (Wildman–Crippen LogP) is 2.30. The molecule has 27 heavy (non-hydrogen) atoms. The van der Waals surface area contributed by atoms with Gasteiger partial charge in [-0.2, -0.15) is 0 Å². The van der Waals surface area contributed by atoms with Crippen LogP contribution in [0.15, 0.2) is 24.3 Å². The van der Waals surface area contributed by atoms with E-state index in [-0.39, 0.29) is 23.9 Å². The number of nitrogens with zero attached hydrogens (tertiary/aromatic N) is 1. The fraction of sp³-hybridized carbons (Fsp3) is 0.600. The average molecular weight is 375 g/mol. The van der Waals surface area contributed by atoms with Crippen LogP contribution in [0, 0.1) is 5.92 Å². The molecular weight excluding hydrogens is 346 g/mol.